The highest BCUT2D eigenvalue weighted by Gasteiger charge is 2.15. The normalized spacial score (nSPS) is 10.2. The number of benzene rings is 3. The number of carbonyl (C=O) groups excluding carboxylic acids is 2. The van der Waals surface area contributed by atoms with Crippen molar-refractivity contribution in [1.82, 2.24) is 0 Å². The van der Waals surface area contributed by atoms with E-state index in [0.29, 0.717) is 5.56 Å². The number of nitro benzene ring substituents is 1. The van der Waals surface area contributed by atoms with Crippen molar-refractivity contribution >= 4 is 23.3 Å². The quantitative estimate of drug-likeness (QED) is 0.360. The van der Waals surface area contributed by atoms with Crippen LogP contribution in [0.4, 0.5) is 11.4 Å². The topological polar surface area (TPSA) is 108 Å². The number of ether oxygens (including phenoxy) is 2. The third kappa shape index (κ3) is 4.99. The molecule has 0 aromatic heterocycles. The van der Waals surface area contributed by atoms with Gasteiger partial charge in [-0.25, -0.2) is 4.79 Å². The summed E-state index contributed by atoms with van der Waals surface area (Å²) in [7, 11) is 1.33. The molecule has 0 aliphatic heterocycles. The molecule has 0 saturated carbocycles. The molecule has 3 aromatic carbocycles. The first kappa shape index (κ1) is 20.5. The zero-order valence-electron chi connectivity index (χ0n) is 16.0. The molecule has 3 aromatic rings. The molecular weight excluding hydrogens is 388 g/mol. The van der Waals surface area contributed by atoms with E-state index in [4.69, 9.17) is 9.47 Å². The lowest BCUT2D eigenvalue weighted by atomic mass is 10.0. The molecule has 0 heterocycles. The highest BCUT2D eigenvalue weighted by atomic mass is 16.6. The molecule has 8 heteroatoms. The maximum absolute atomic E-state index is 12.2. The Hall–Kier alpha value is -4.20. The number of hydrogen-bond acceptors (Lipinski definition) is 6. The minimum absolute atomic E-state index is 0.125. The van der Waals surface area contributed by atoms with Crippen molar-refractivity contribution in [2.75, 3.05) is 19.0 Å². The molecule has 0 saturated heterocycles. The second-order valence-electron chi connectivity index (χ2n) is 6.21. The third-order valence-electron chi connectivity index (χ3n) is 4.23. The maximum atomic E-state index is 12.2. The van der Waals surface area contributed by atoms with E-state index in [1.165, 1.54) is 25.3 Å². The molecule has 0 unspecified atom stereocenters. The summed E-state index contributed by atoms with van der Waals surface area (Å²) in [6.45, 7) is -0.514. The van der Waals surface area contributed by atoms with Crippen LogP contribution in [0.25, 0.3) is 11.1 Å². The number of anilines is 1. The predicted molar refractivity (Wildman–Crippen MR) is 110 cm³/mol. The van der Waals surface area contributed by atoms with Crippen LogP contribution < -0.4 is 10.1 Å². The molecule has 3 rings (SSSR count). The number of nitrogens with one attached hydrogen (secondary N) is 1. The fourth-order valence-corrected chi connectivity index (χ4v) is 2.73. The Morgan fingerprint density at radius 2 is 1.63 bits per heavy atom. The summed E-state index contributed by atoms with van der Waals surface area (Å²) >= 11 is 0. The van der Waals surface area contributed by atoms with Crippen molar-refractivity contribution in [3.8, 4) is 16.9 Å². The molecule has 0 bridgehead atoms. The van der Waals surface area contributed by atoms with Gasteiger partial charge in [-0.05, 0) is 29.3 Å². The lowest BCUT2D eigenvalue weighted by Gasteiger charge is -2.10. The lowest BCUT2D eigenvalue weighted by Crippen LogP contribution is -2.21. The van der Waals surface area contributed by atoms with E-state index in [1.807, 2.05) is 30.3 Å². The van der Waals surface area contributed by atoms with E-state index in [2.05, 4.69) is 5.32 Å². The number of carbonyl (C=O) groups is 2. The van der Waals surface area contributed by atoms with Crippen LogP contribution in [0.3, 0.4) is 0 Å². The minimum Gasteiger partial charge on any atom is -0.494 e. The van der Waals surface area contributed by atoms with E-state index in [-0.39, 0.29) is 17.1 Å². The summed E-state index contributed by atoms with van der Waals surface area (Å²) in [6, 6.07) is 20.3. The molecule has 0 spiro atoms. The van der Waals surface area contributed by atoms with Crippen molar-refractivity contribution < 1.29 is 24.0 Å². The van der Waals surface area contributed by atoms with Crippen LogP contribution in [0, 0.1) is 10.1 Å². The van der Waals surface area contributed by atoms with Crippen LogP contribution in [0.5, 0.6) is 5.75 Å². The number of non-ortho nitro benzene ring substituents is 1. The van der Waals surface area contributed by atoms with Crippen LogP contribution in [0.2, 0.25) is 0 Å². The molecule has 152 valence electrons. The second kappa shape index (κ2) is 9.33. The number of methoxy groups -OCH3 is 1. The van der Waals surface area contributed by atoms with Crippen LogP contribution in [0.1, 0.15) is 10.4 Å². The Morgan fingerprint density at radius 3 is 2.27 bits per heavy atom. The van der Waals surface area contributed by atoms with E-state index >= 15 is 0 Å². The van der Waals surface area contributed by atoms with E-state index in [9.17, 15) is 19.7 Å². The molecule has 0 fully saturated rings. The maximum Gasteiger partial charge on any atom is 0.338 e. The number of rotatable bonds is 7. The summed E-state index contributed by atoms with van der Waals surface area (Å²) in [5.41, 5.74) is 2.35. The van der Waals surface area contributed by atoms with Gasteiger partial charge in [0.25, 0.3) is 11.6 Å². The third-order valence-corrected chi connectivity index (χ3v) is 4.23. The first-order valence-corrected chi connectivity index (χ1v) is 8.93. The van der Waals surface area contributed by atoms with Gasteiger partial charge in [0.15, 0.2) is 6.61 Å². The average Bonchev–Trinajstić information content (AvgIpc) is 2.78. The zero-order chi connectivity index (χ0) is 21.5. The minimum atomic E-state index is -0.638. The monoisotopic (exact) mass is 406 g/mol. The van der Waals surface area contributed by atoms with Crippen molar-refractivity contribution in [1.29, 1.82) is 0 Å². The Kier molecular flexibility index (Phi) is 6.39. The van der Waals surface area contributed by atoms with Gasteiger partial charge < -0.3 is 14.8 Å². The smallest absolute Gasteiger partial charge is 0.338 e. The fraction of sp³-hybridized carbons (Fsp3) is 0.0909. The van der Waals surface area contributed by atoms with Crippen molar-refractivity contribution in [2.45, 2.75) is 0 Å². The molecule has 30 heavy (non-hydrogen) atoms. The van der Waals surface area contributed by atoms with Crippen LogP contribution in [0.15, 0.2) is 72.8 Å². The highest BCUT2D eigenvalue weighted by molar-refractivity contribution is 5.96. The highest BCUT2D eigenvalue weighted by Crippen LogP contribution is 2.29. The van der Waals surface area contributed by atoms with Gasteiger partial charge in [-0.2, -0.15) is 0 Å². The second-order valence-corrected chi connectivity index (χ2v) is 6.21. The van der Waals surface area contributed by atoms with Gasteiger partial charge in [0, 0.05) is 6.07 Å². The molecule has 1 N–H and O–H groups in total. The van der Waals surface area contributed by atoms with E-state index in [1.54, 1.807) is 24.3 Å². The SMILES string of the molecule is COc1cc([N+](=O)[O-])ccc1NC(=O)COC(=O)c1ccc(-c2ccccc2)cc1. The molecule has 1 amide bonds. The van der Waals surface area contributed by atoms with Gasteiger partial charge in [0.1, 0.15) is 5.75 Å². The van der Waals surface area contributed by atoms with E-state index in [0.717, 1.165) is 11.1 Å². The van der Waals surface area contributed by atoms with Gasteiger partial charge in [-0.15, -0.1) is 0 Å². The molecule has 0 aliphatic rings. The average molecular weight is 406 g/mol. The lowest BCUT2D eigenvalue weighted by molar-refractivity contribution is -0.384. The van der Waals surface area contributed by atoms with Gasteiger partial charge in [-0.1, -0.05) is 42.5 Å². The van der Waals surface area contributed by atoms with Gasteiger partial charge in [0.2, 0.25) is 0 Å². The summed E-state index contributed by atoms with van der Waals surface area (Å²) in [5.74, 6) is -1.11. The van der Waals surface area contributed by atoms with Crippen molar-refractivity contribution in [3.63, 3.8) is 0 Å². The predicted octanol–water partition coefficient (Wildman–Crippen LogP) is 4.07. The summed E-state index contributed by atoms with van der Waals surface area (Å²) in [5, 5.41) is 13.3. The van der Waals surface area contributed by atoms with Crippen molar-refractivity contribution in [2.24, 2.45) is 0 Å². The Bertz CT molecular complexity index is 1060. The molecule has 0 radical (unpaired) electrons. The molecule has 0 atom stereocenters. The number of amides is 1. The van der Waals surface area contributed by atoms with Crippen molar-refractivity contribution in [3.05, 3.63) is 88.5 Å². The number of nitro groups is 1. The molecule has 0 aliphatic carbocycles. The summed E-state index contributed by atoms with van der Waals surface area (Å²) in [6.07, 6.45) is 0. The summed E-state index contributed by atoms with van der Waals surface area (Å²) in [4.78, 5) is 34.5. The number of nitrogens with zero attached hydrogens (tertiary/aromatic N) is 1. The first-order valence-electron chi connectivity index (χ1n) is 8.93. The van der Waals surface area contributed by atoms with E-state index < -0.39 is 23.4 Å². The zero-order valence-corrected chi connectivity index (χ0v) is 16.0. The number of hydrogen-bond donors (Lipinski definition) is 1. The Balaban J connectivity index is 1.58. The molecule has 8 nitrogen and oxygen atoms in total. The van der Waals surface area contributed by atoms with Crippen LogP contribution in [-0.2, 0) is 9.53 Å². The molecular formula is C22H18N2O6. The van der Waals surface area contributed by atoms with Crippen LogP contribution >= 0.6 is 0 Å². The largest absolute Gasteiger partial charge is 0.494 e. The standard InChI is InChI=1S/C22H18N2O6/c1-29-20-13-18(24(27)28)11-12-19(20)23-21(25)14-30-22(26)17-9-7-16(8-10-17)15-5-3-2-4-6-15/h2-13H,14H2,1H3,(H,23,25). The Morgan fingerprint density at radius 1 is 0.967 bits per heavy atom. The van der Waals surface area contributed by atoms with Gasteiger partial charge in [0.05, 0.1) is 29.4 Å². The fourth-order valence-electron chi connectivity index (χ4n) is 2.73. The van der Waals surface area contributed by atoms with Crippen LogP contribution in [-0.4, -0.2) is 30.5 Å². The summed E-state index contributed by atoms with van der Waals surface area (Å²) < 4.78 is 10.1. The Labute approximate surface area is 172 Å². The number of esters is 1. The van der Waals surface area contributed by atoms with Gasteiger partial charge >= 0.3 is 5.97 Å². The van der Waals surface area contributed by atoms with Gasteiger partial charge in [-0.3, -0.25) is 14.9 Å². The first-order chi connectivity index (χ1) is 14.5.